The first kappa shape index (κ1) is 10.7. The van der Waals surface area contributed by atoms with Gasteiger partial charge in [0.1, 0.15) is 0 Å². The zero-order valence-corrected chi connectivity index (χ0v) is 8.61. The highest BCUT2D eigenvalue weighted by Gasteiger charge is 2.44. The van der Waals surface area contributed by atoms with Crippen LogP contribution in [0.5, 0.6) is 0 Å². The minimum Gasteiger partial charge on any atom is -0.377 e. The molecular weight excluding hydrogens is 184 g/mol. The van der Waals surface area contributed by atoms with Crippen LogP contribution < -0.4 is 0 Å². The number of hydrogen-bond acceptors (Lipinski definition) is 5. The summed E-state index contributed by atoms with van der Waals surface area (Å²) >= 11 is 0. The molecule has 14 heavy (non-hydrogen) atoms. The van der Waals surface area contributed by atoms with E-state index in [-0.39, 0.29) is 5.92 Å². The van der Waals surface area contributed by atoms with E-state index < -0.39 is 11.6 Å². The monoisotopic (exact) mass is 198 g/mol. The Bertz CT molecular complexity index is 286. The lowest BCUT2D eigenvalue weighted by molar-refractivity contribution is -0.167. The molecule has 1 heterocycles. The predicted molar refractivity (Wildman–Crippen MR) is 52.0 cm³/mol. The van der Waals surface area contributed by atoms with Crippen molar-refractivity contribution in [2.24, 2.45) is 16.2 Å². The van der Waals surface area contributed by atoms with Crippen molar-refractivity contribution in [1.29, 1.82) is 0 Å². The number of oxime groups is 2. The van der Waals surface area contributed by atoms with E-state index in [0.717, 1.165) is 5.71 Å². The van der Waals surface area contributed by atoms with Crippen molar-refractivity contribution in [3.05, 3.63) is 0 Å². The van der Waals surface area contributed by atoms with Gasteiger partial charge in [0.05, 0.1) is 5.71 Å². The summed E-state index contributed by atoms with van der Waals surface area (Å²) in [7, 11) is 0. The third-order valence-electron chi connectivity index (χ3n) is 2.13. The first-order valence-corrected chi connectivity index (χ1v) is 4.42. The normalized spacial score (nSPS) is 25.6. The lowest BCUT2D eigenvalue weighted by Gasteiger charge is -2.16. The standard InChI is InChI=1S/C9H14N2O3/c1-6(2)7-5-9(3,14-11-7)8(12)13-10-4/h6H,4-5H2,1-3H3. The van der Waals surface area contributed by atoms with E-state index in [4.69, 9.17) is 4.84 Å². The van der Waals surface area contributed by atoms with E-state index in [0.29, 0.717) is 6.42 Å². The summed E-state index contributed by atoms with van der Waals surface area (Å²) in [6.07, 6.45) is 0.443. The largest absolute Gasteiger partial charge is 0.381 e. The molecule has 5 heteroatoms. The van der Waals surface area contributed by atoms with Gasteiger partial charge in [-0.05, 0) is 12.8 Å². The molecule has 0 amide bonds. The molecule has 1 unspecified atom stereocenters. The molecule has 0 saturated carbocycles. The van der Waals surface area contributed by atoms with Gasteiger partial charge in [-0.15, -0.1) is 0 Å². The minimum absolute atomic E-state index is 0.265. The van der Waals surface area contributed by atoms with Crippen molar-refractivity contribution >= 4 is 18.4 Å². The maximum Gasteiger partial charge on any atom is 0.381 e. The van der Waals surface area contributed by atoms with Crippen LogP contribution in [-0.2, 0) is 14.5 Å². The molecule has 78 valence electrons. The molecule has 0 saturated heterocycles. The van der Waals surface area contributed by atoms with Crippen LogP contribution in [0.2, 0.25) is 0 Å². The Balaban J connectivity index is 2.65. The van der Waals surface area contributed by atoms with Gasteiger partial charge in [-0.2, -0.15) is 0 Å². The van der Waals surface area contributed by atoms with E-state index in [2.05, 4.69) is 21.9 Å². The number of nitrogens with zero attached hydrogens (tertiary/aromatic N) is 2. The van der Waals surface area contributed by atoms with Gasteiger partial charge in [0, 0.05) is 13.1 Å². The molecule has 1 atom stereocenters. The molecule has 0 N–H and O–H groups in total. The smallest absolute Gasteiger partial charge is 0.377 e. The first-order valence-electron chi connectivity index (χ1n) is 4.42. The Kier molecular flexibility index (Phi) is 2.88. The van der Waals surface area contributed by atoms with Gasteiger partial charge in [-0.3, -0.25) is 0 Å². The first-order chi connectivity index (χ1) is 6.49. The van der Waals surface area contributed by atoms with Crippen LogP contribution in [0.3, 0.4) is 0 Å². The molecule has 0 radical (unpaired) electrons. The van der Waals surface area contributed by atoms with Crippen molar-refractivity contribution < 1.29 is 14.5 Å². The quantitative estimate of drug-likeness (QED) is 0.390. The number of carbonyl (C=O) groups excluding carboxylic acids is 1. The summed E-state index contributed by atoms with van der Waals surface area (Å²) < 4.78 is 0. The predicted octanol–water partition coefficient (Wildman–Crippen LogP) is 1.34. The molecule has 1 aliphatic heterocycles. The SMILES string of the molecule is C=NOC(=O)C1(C)CC(C(C)C)=NO1. The molecule has 0 aliphatic carbocycles. The van der Waals surface area contributed by atoms with Crippen molar-refractivity contribution in [2.75, 3.05) is 0 Å². The summed E-state index contributed by atoms with van der Waals surface area (Å²) in [5, 5.41) is 6.91. The summed E-state index contributed by atoms with van der Waals surface area (Å²) in [5.74, 6) is -0.298. The molecule has 0 spiro atoms. The highest BCUT2D eigenvalue weighted by atomic mass is 16.7. The van der Waals surface area contributed by atoms with Gasteiger partial charge in [-0.25, -0.2) is 4.79 Å². The lowest BCUT2D eigenvalue weighted by atomic mass is 9.94. The maximum absolute atomic E-state index is 11.4. The molecule has 1 rings (SSSR count). The van der Waals surface area contributed by atoms with E-state index in [1.807, 2.05) is 13.8 Å². The summed E-state index contributed by atoms with van der Waals surface area (Å²) in [4.78, 5) is 20.9. The maximum atomic E-state index is 11.4. The van der Waals surface area contributed by atoms with E-state index in [1.54, 1.807) is 6.92 Å². The molecular formula is C9H14N2O3. The Hall–Kier alpha value is -1.39. The molecule has 0 aromatic rings. The van der Waals surface area contributed by atoms with Gasteiger partial charge >= 0.3 is 5.97 Å². The fourth-order valence-electron chi connectivity index (χ4n) is 1.14. The molecule has 0 bridgehead atoms. The molecule has 0 fully saturated rings. The average molecular weight is 198 g/mol. The highest BCUT2D eigenvalue weighted by molar-refractivity contribution is 5.94. The van der Waals surface area contributed by atoms with Gasteiger partial charge in [0.15, 0.2) is 0 Å². The number of carbonyl (C=O) groups is 1. The molecule has 0 aromatic heterocycles. The second-order valence-electron chi connectivity index (χ2n) is 3.74. The third-order valence-corrected chi connectivity index (χ3v) is 2.13. The zero-order chi connectivity index (χ0) is 10.8. The Morgan fingerprint density at radius 1 is 1.79 bits per heavy atom. The summed E-state index contributed by atoms with van der Waals surface area (Å²) in [5.41, 5.74) is -0.186. The molecule has 5 nitrogen and oxygen atoms in total. The van der Waals surface area contributed by atoms with E-state index in [1.165, 1.54) is 0 Å². The van der Waals surface area contributed by atoms with Crippen LogP contribution in [-0.4, -0.2) is 24.0 Å². The second-order valence-corrected chi connectivity index (χ2v) is 3.74. The fraction of sp³-hybridized carbons (Fsp3) is 0.667. The van der Waals surface area contributed by atoms with Crippen molar-refractivity contribution in [3.63, 3.8) is 0 Å². The number of hydrogen-bond donors (Lipinski definition) is 0. The van der Waals surface area contributed by atoms with Gasteiger partial charge < -0.3 is 9.68 Å². The summed E-state index contributed by atoms with van der Waals surface area (Å²) in [6.45, 7) is 8.68. The minimum atomic E-state index is -1.04. The van der Waals surface area contributed by atoms with E-state index >= 15 is 0 Å². The third kappa shape index (κ3) is 1.92. The highest BCUT2D eigenvalue weighted by Crippen LogP contribution is 2.27. The molecule has 1 aliphatic rings. The van der Waals surface area contributed by atoms with Crippen LogP contribution in [0.15, 0.2) is 10.3 Å². The van der Waals surface area contributed by atoms with Crippen molar-refractivity contribution in [1.82, 2.24) is 0 Å². The zero-order valence-electron chi connectivity index (χ0n) is 8.61. The Morgan fingerprint density at radius 3 is 2.86 bits per heavy atom. The lowest BCUT2D eigenvalue weighted by Crippen LogP contribution is -2.36. The van der Waals surface area contributed by atoms with Crippen LogP contribution in [0.1, 0.15) is 27.2 Å². The van der Waals surface area contributed by atoms with Gasteiger partial charge in [0.25, 0.3) is 0 Å². The van der Waals surface area contributed by atoms with Gasteiger partial charge in [-0.1, -0.05) is 24.2 Å². The Morgan fingerprint density at radius 2 is 2.43 bits per heavy atom. The average Bonchev–Trinajstić information content (AvgIpc) is 2.50. The van der Waals surface area contributed by atoms with E-state index in [9.17, 15) is 4.79 Å². The summed E-state index contributed by atoms with van der Waals surface area (Å²) in [6, 6.07) is 0. The topological polar surface area (TPSA) is 60.2 Å². The fourth-order valence-corrected chi connectivity index (χ4v) is 1.14. The second kappa shape index (κ2) is 3.77. The van der Waals surface area contributed by atoms with Gasteiger partial charge in [0.2, 0.25) is 5.60 Å². The van der Waals surface area contributed by atoms with Crippen molar-refractivity contribution in [3.8, 4) is 0 Å². The van der Waals surface area contributed by atoms with Crippen LogP contribution >= 0.6 is 0 Å². The number of rotatable bonds is 3. The Labute approximate surface area is 82.7 Å². The molecule has 0 aromatic carbocycles. The van der Waals surface area contributed by atoms with Crippen molar-refractivity contribution in [2.45, 2.75) is 32.8 Å². The van der Waals surface area contributed by atoms with Crippen LogP contribution in [0.25, 0.3) is 0 Å². The van der Waals surface area contributed by atoms with Crippen LogP contribution in [0.4, 0.5) is 0 Å². The van der Waals surface area contributed by atoms with Crippen LogP contribution in [0, 0.1) is 5.92 Å².